The lowest BCUT2D eigenvalue weighted by atomic mass is 9.96. The zero-order chi connectivity index (χ0) is 15.4. The first-order valence-electron chi connectivity index (χ1n) is 7.00. The summed E-state index contributed by atoms with van der Waals surface area (Å²) in [7, 11) is 0. The Kier molecular flexibility index (Phi) is 4.62. The van der Waals surface area contributed by atoms with Gasteiger partial charge in [0.15, 0.2) is 0 Å². The molecule has 1 aromatic carbocycles. The maximum Gasteiger partial charge on any atom is 0.273 e. The largest absolute Gasteiger partial charge is 0.398 e. The predicted molar refractivity (Wildman–Crippen MR) is 81.1 cm³/mol. The SMILES string of the molecule is CC(=O)NCC1CCN(c2cc(N)cc([N+](=O)[O-])c2)CC1. The van der Waals surface area contributed by atoms with Crippen molar-refractivity contribution in [2.45, 2.75) is 19.8 Å². The van der Waals surface area contributed by atoms with Crippen molar-refractivity contribution in [1.82, 2.24) is 5.32 Å². The normalized spacial score (nSPS) is 15.8. The molecule has 0 aromatic heterocycles. The summed E-state index contributed by atoms with van der Waals surface area (Å²) in [6.45, 7) is 3.83. The summed E-state index contributed by atoms with van der Waals surface area (Å²) in [6.07, 6.45) is 1.89. The van der Waals surface area contributed by atoms with Gasteiger partial charge in [0.25, 0.3) is 5.69 Å². The fourth-order valence-corrected chi connectivity index (χ4v) is 2.59. The summed E-state index contributed by atoms with van der Waals surface area (Å²) in [6, 6.07) is 4.69. The average molecular weight is 292 g/mol. The number of nitrogen functional groups attached to an aromatic ring is 1. The van der Waals surface area contributed by atoms with Gasteiger partial charge in [0.1, 0.15) is 0 Å². The van der Waals surface area contributed by atoms with Crippen LogP contribution in [0.2, 0.25) is 0 Å². The number of rotatable bonds is 4. The molecule has 0 unspecified atom stereocenters. The van der Waals surface area contributed by atoms with E-state index < -0.39 is 4.92 Å². The zero-order valence-electron chi connectivity index (χ0n) is 12.0. The Morgan fingerprint density at radius 2 is 2.10 bits per heavy atom. The molecule has 1 aliphatic rings. The van der Waals surface area contributed by atoms with E-state index in [1.165, 1.54) is 13.0 Å². The van der Waals surface area contributed by atoms with E-state index in [0.29, 0.717) is 18.2 Å². The van der Waals surface area contributed by atoms with E-state index in [4.69, 9.17) is 5.73 Å². The molecule has 0 atom stereocenters. The zero-order valence-corrected chi connectivity index (χ0v) is 12.0. The summed E-state index contributed by atoms with van der Waals surface area (Å²) in [5.41, 5.74) is 6.95. The highest BCUT2D eigenvalue weighted by molar-refractivity contribution is 5.72. The van der Waals surface area contributed by atoms with Gasteiger partial charge < -0.3 is 16.0 Å². The molecular formula is C14H20N4O3. The number of piperidine rings is 1. The average Bonchev–Trinajstić information content (AvgIpc) is 2.45. The molecule has 2 rings (SSSR count). The summed E-state index contributed by atoms with van der Waals surface area (Å²) in [4.78, 5) is 23.5. The Labute approximate surface area is 123 Å². The van der Waals surface area contributed by atoms with Gasteiger partial charge in [-0.15, -0.1) is 0 Å². The van der Waals surface area contributed by atoms with Gasteiger partial charge in [0, 0.05) is 50.1 Å². The fraction of sp³-hybridized carbons (Fsp3) is 0.500. The Balaban J connectivity index is 1.99. The summed E-state index contributed by atoms with van der Waals surface area (Å²) in [5.74, 6) is 0.449. The second-order valence-electron chi connectivity index (χ2n) is 5.41. The second-order valence-corrected chi connectivity index (χ2v) is 5.41. The number of nitro groups is 1. The minimum Gasteiger partial charge on any atom is -0.398 e. The van der Waals surface area contributed by atoms with Crippen LogP contribution in [0.5, 0.6) is 0 Å². The van der Waals surface area contributed by atoms with Crippen LogP contribution in [-0.4, -0.2) is 30.5 Å². The molecule has 1 aromatic rings. The number of anilines is 2. The lowest BCUT2D eigenvalue weighted by molar-refractivity contribution is -0.384. The topological polar surface area (TPSA) is 102 Å². The van der Waals surface area contributed by atoms with Crippen LogP contribution >= 0.6 is 0 Å². The Morgan fingerprint density at radius 1 is 1.43 bits per heavy atom. The first-order chi connectivity index (χ1) is 9.95. The lowest BCUT2D eigenvalue weighted by Crippen LogP contribution is -2.38. The van der Waals surface area contributed by atoms with Crippen LogP contribution in [0.3, 0.4) is 0 Å². The molecule has 0 saturated carbocycles. The monoisotopic (exact) mass is 292 g/mol. The quantitative estimate of drug-likeness (QED) is 0.498. The van der Waals surface area contributed by atoms with Crippen LogP contribution in [0.25, 0.3) is 0 Å². The molecule has 1 amide bonds. The van der Waals surface area contributed by atoms with Gasteiger partial charge >= 0.3 is 0 Å². The van der Waals surface area contributed by atoms with Crippen molar-refractivity contribution in [3.05, 3.63) is 28.3 Å². The minimum atomic E-state index is -0.427. The molecule has 0 bridgehead atoms. The number of non-ortho nitro benzene ring substituents is 1. The highest BCUT2D eigenvalue weighted by Crippen LogP contribution is 2.28. The highest BCUT2D eigenvalue weighted by Gasteiger charge is 2.21. The van der Waals surface area contributed by atoms with Crippen LogP contribution in [0.15, 0.2) is 18.2 Å². The molecule has 1 saturated heterocycles. The summed E-state index contributed by atoms with van der Waals surface area (Å²) >= 11 is 0. The standard InChI is InChI=1S/C14H20N4O3/c1-10(19)16-9-11-2-4-17(5-3-11)13-6-12(15)7-14(8-13)18(20)21/h6-8,11H,2-5,9,15H2,1H3,(H,16,19). The van der Waals surface area contributed by atoms with Gasteiger partial charge in [-0.2, -0.15) is 0 Å². The number of hydrogen-bond acceptors (Lipinski definition) is 5. The molecule has 114 valence electrons. The fourth-order valence-electron chi connectivity index (χ4n) is 2.59. The van der Waals surface area contributed by atoms with Gasteiger partial charge in [-0.05, 0) is 24.8 Å². The van der Waals surface area contributed by atoms with Crippen LogP contribution in [0, 0.1) is 16.0 Å². The number of nitro benzene ring substituents is 1. The first kappa shape index (κ1) is 15.1. The molecule has 7 nitrogen and oxygen atoms in total. The third-order valence-electron chi connectivity index (χ3n) is 3.76. The Morgan fingerprint density at radius 3 is 2.67 bits per heavy atom. The van der Waals surface area contributed by atoms with Crippen molar-refractivity contribution < 1.29 is 9.72 Å². The Hall–Kier alpha value is -2.31. The first-order valence-corrected chi connectivity index (χ1v) is 7.00. The van der Waals surface area contributed by atoms with Gasteiger partial charge in [0.2, 0.25) is 5.91 Å². The van der Waals surface area contributed by atoms with E-state index >= 15 is 0 Å². The van der Waals surface area contributed by atoms with Crippen LogP contribution in [-0.2, 0) is 4.79 Å². The van der Waals surface area contributed by atoms with E-state index in [0.717, 1.165) is 31.6 Å². The molecule has 0 spiro atoms. The number of nitrogens with one attached hydrogen (secondary N) is 1. The van der Waals surface area contributed by atoms with Crippen molar-refractivity contribution >= 4 is 23.0 Å². The number of benzene rings is 1. The van der Waals surface area contributed by atoms with Crippen LogP contribution < -0.4 is 16.0 Å². The molecule has 0 aliphatic carbocycles. The molecule has 3 N–H and O–H groups in total. The molecule has 1 fully saturated rings. The van der Waals surface area contributed by atoms with Crippen molar-refractivity contribution in [2.75, 3.05) is 30.3 Å². The maximum atomic E-state index is 10.9. The van der Waals surface area contributed by atoms with Crippen LogP contribution in [0.1, 0.15) is 19.8 Å². The number of amides is 1. The van der Waals surface area contributed by atoms with Gasteiger partial charge in [-0.25, -0.2) is 0 Å². The maximum absolute atomic E-state index is 10.9. The summed E-state index contributed by atoms with van der Waals surface area (Å²) < 4.78 is 0. The van der Waals surface area contributed by atoms with Gasteiger partial charge in [-0.1, -0.05) is 0 Å². The third-order valence-corrected chi connectivity index (χ3v) is 3.76. The predicted octanol–water partition coefficient (Wildman–Crippen LogP) is 1.53. The van der Waals surface area contributed by atoms with E-state index in [1.54, 1.807) is 12.1 Å². The number of hydrogen-bond donors (Lipinski definition) is 2. The number of carbonyl (C=O) groups excluding carboxylic acids is 1. The molecule has 7 heteroatoms. The number of carbonyl (C=O) groups is 1. The lowest BCUT2D eigenvalue weighted by Gasteiger charge is -2.33. The molecule has 0 radical (unpaired) electrons. The molecule has 1 heterocycles. The van der Waals surface area contributed by atoms with E-state index in [2.05, 4.69) is 10.2 Å². The van der Waals surface area contributed by atoms with E-state index in [-0.39, 0.29) is 11.6 Å². The van der Waals surface area contributed by atoms with Gasteiger partial charge in [-0.3, -0.25) is 14.9 Å². The highest BCUT2D eigenvalue weighted by atomic mass is 16.6. The van der Waals surface area contributed by atoms with E-state index in [9.17, 15) is 14.9 Å². The van der Waals surface area contributed by atoms with Crippen molar-refractivity contribution in [3.8, 4) is 0 Å². The molecule has 21 heavy (non-hydrogen) atoms. The number of nitrogens with zero attached hydrogens (tertiary/aromatic N) is 2. The number of nitrogens with two attached hydrogens (primary N) is 1. The summed E-state index contributed by atoms with van der Waals surface area (Å²) in [5, 5.41) is 13.7. The van der Waals surface area contributed by atoms with Crippen molar-refractivity contribution in [1.29, 1.82) is 0 Å². The molecule has 1 aliphatic heterocycles. The van der Waals surface area contributed by atoms with Crippen molar-refractivity contribution in [2.24, 2.45) is 5.92 Å². The van der Waals surface area contributed by atoms with E-state index in [1.807, 2.05) is 0 Å². The Bertz CT molecular complexity index is 539. The smallest absolute Gasteiger partial charge is 0.273 e. The van der Waals surface area contributed by atoms with Crippen LogP contribution in [0.4, 0.5) is 17.1 Å². The van der Waals surface area contributed by atoms with Crippen molar-refractivity contribution in [3.63, 3.8) is 0 Å². The second kappa shape index (κ2) is 6.43. The molecular weight excluding hydrogens is 272 g/mol. The third kappa shape index (κ3) is 4.08. The van der Waals surface area contributed by atoms with Gasteiger partial charge in [0.05, 0.1) is 4.92 Å². The minimum absolute atomic E-state index is 0.0103.